The summed E-state index contributed by atoms with van der Waals surface area (Å²) in [4.78, 5) is 50.5. The molecule has 12 heteroatoms. The van der Waals surface area contributed by atoms with Crippen LogP contribution in [0.5, 0.6) is 5.75 Å². The second-order valence-corrected chi connectivity index (χ2v) is 12.7. The molecule has 0 saturated carbocycles. The Morgan fingerprint density at radius 2 is 1.66 bits per heavy atom. The molecular weight excluding hydrogens is 675 g/mol. The number of pyridine rings is 2. The highest BCUT2D eigenvalue weighted by atomic mass is 35.5. The lowest BCUT2D eigenvalue weighted by Gasteiger charge is -2.22. The van der Waals surface area contributed by atoms with Crippen LogP contribution < -0.4 is 25.2 Å². The third-order valence-corrected chi connectivity index (χ3v) is 8.89. The normalized spacial score (nSPS) is 10.8. The predicted octanol–water partition coefficient (Wildman–Crippen LogP) is 6.53. The fourth-order valence-corrected chi connectivity index (χ4v) is 5.92. The molecule has 0 aliphatic carbocycles. The standard InChI is InChI=1S/C38H38Cl2N6O4/c1-24-20-32(45(2)3)28-9-7-10-33(37(28)44-24)50-23-29-30(39)16-17-31(36(29)40)46(4)35(48)22-42-34(47)18-13-25-11-14-26(15-12-25)38(49)43-21-27-8-5-6-19-41-27/h5-12,14-17,19-20H,13,18,21-23H2,1-4H3,(H,42,47)(H,43,49). The highest BCUT2D eigenvalue weighted by Gasteiger charge is 2.20. The number of hydrogen-bond acceptors (Lipinski definition) is 7. The van der Waals surface area contributed by atoms with E-state index in [1.54, 1.807) is 37.5 Å². The van der Waals surface area contributed by atoms with Crippen molar-refractivity contribution >= 4 is 63.2 Å². The fraction of sp³-hybridized carbons (Fsp3) is 0.237. The SMILES string of the molecule is Cc1cc(N(C)C)c2cccc(OCc3c(Cl)ccc(N(C)C(=O)CNC(=O)CCc4ccc(C(=O)NCc5ccccn5)cc4)c3Cl)c2n1. The number of ether oxygens (including phenoxy) is 1. The molecule has 50 heavy (non-hydrogen) atoms. The second-order valence-electron chi connectivity index (χ2n) is 11.9. The molecule has 0 aliphatic rings. The molecule has 0 spiro atoms. The monoisotopic (exact) mass is 712 g/mol. The Morgan fingerprint density at radius 3 is 2.38 bits per heavy atom. The Kier molecular flexibility index (Phi) is 11.9. The minimum Gasteiger partial charge on any atom is -0.487 e. The Morgan fingerprint density at radius 1 is 0.880 bits per heavy atom. The maximum absolute atomic E-state index is 13.1. The van der Waals surface area contributed by atoms with Crippen LogP contribution in [0.3, 0.4) is 0 Å². The zero-order chi connectivity index (χ0) is 35.8. The molecule has 10 nitrogen and oxygen atoms in total. The predicted molar refractivity (Wildman–Crippen MR) is 198 cm³/mol. The molecule has 3 amide bonds. The molecule has 2 aromatic heterocycles. The van der Waals surface area contributed by atoms with Gasteiger partial charge in [0.1, 0.15) is 17.9 Å². The van der Waals surface area contributed by atoms with Gasteiger partial charge >= 0.3 is 0 Å². The van der Waals surface area contributed by atoms with Gasteiger partial charge in [0.05, 0.1) is 29.5 Å². The summed E-state index contributed by atoms with van der Waals surface area (Å²) in [5.74, 6) is -0.270. The van der Waals surface area contributed by atoms with Crippen LogP contribution in [0.25, 0.3) is 10.9 Å². The lowest BCUT2D eigenvalue weighted by Crippen LogP contribution is -2.38. The van der Waals surface area contributed by atoms with Gasteiger partial charge in [-0.15, -0.1) is 0 Å². The van der Waals surface area contributed by atoms with E-state index in [2.05, 4.69) is 15.6 Å². The molecule has 258 valence electrons. The highest BCUT2D eigenvalue weighted by Crippen LogP contribution is 2.36. The lowest BCUT2D eigenvalue weighted by atomic mass is 10.1. The van der Waals surface area contributed by atoms with Crippen molar-refractivity contribution in [1.82, 2.24) is 20.6 Å². The summed E-state index contributed by atoms with van der Waals surface area (Å²) in [7, 11) is 5.54. The molecule has 0 saturated heterocycles. The number of halogens is 2. The molecule has 0 radical (unpaired) electrons. The van der Waals surface area contributed by atoms with Gasteiger partial charge in [0, 0.05) is 66.7 Å². The minimum absolute atomic E-state index is 0.0487. The number of likely N-dealkylation sites (N-methyl/N-ethyl adjacent to an activating group) is 1. The zero-order valence-electron chi connectivity index (χ0n) is 28.3. The molecule has 2 heterocycles. The van der Waals surface area contributed by atoms with Crippen molar-refractivity contribution in [3.05, 3.63) is 123 Å². The number of carbonyl (C=O) groups excluding carboxylic acids is 3. The number of aromatic nitrogens is 2. The lowest BCUT2D eigenvalue weighted by molar-refractivity contribution is -0.124. The van der Waals surface area contributed by atoms with Gasteiger partial charge in [0.2, 0.25) is 11.8 Å². The van der Waals surface area contributed by atoms with Crippen molar-refractivity contribution in [3.63, 3.8) is 0 Å². The zero-order valence-corrected chi connectivity index (χ0v) is 29.8. The van der Waals surface area contributed by atoms with Crippen LogP contribution in [0, 0.1) is 6.92 Å². The van der Waals surface area contributed by atoms with Crippen molar-refractivity contribution < 1.29 is 19.1 Å². The Bertz CT molecular complexity index is 2010. The van der Waals surface area contributed by atoms with Crippen molar-refractivity contribution in [2.24, 2.45) is 0 Å². The first-order valence-electron chi connectivity index (χ1n) is 16.0. The number of benzene rings is 3. The average Bonchev–Trinajstić information content (AvgIpc) is 3.12. The number of hydrogen-bond donors (Lipinski definition) is 2. The van der Waals surface area contributed by atoms with E-state index in [0.717, 1.165) is 33.5 Å². The summed E-state index contributed by atoms with van der Waals surface area (Å²) >= 11 is 13.3. The summed E-state index contributed by atoms with van der Waals surface area (Å²) in [5.41, 5.74) is 5.72. The maximum Gasteiger partial charge on any atom is 0.251 e. The van der Waals surface area contributed by atoms with E-state index < -0.39 is 0 Å². The summed E-state index contributed by atoms with van der Waals surface area (Å²) < 4.78 is 6.21. The van der Waals surface area contributed by atoms with Crippen molar-refractivity contribution in [2.75, 3.05) is 37.5 Å². The summed E-state index contributed by atoms with van der Waals surface area (Å²) in [6, 6.07) is 23.7. The van der Waals surface area contributed by atoms with Gasteiger partial charge in [0.15, 0.2) is 0 Å². The topological polar surface area (TPSA) is 117 Å². The number of anilines is 2. The number of amides is 3. The third kappa shape index (κ3) is 8.88. The van der Waals surface area contributed by atoms with Crippen LogP contribution in [-0.4, -0.2) is 55.4 Å². The van der Waals surface area contributed by atoms with Crippen molar-refractivity contribution in [1.29, 1.82) is 0 Å². The summed E-state index contributed by atoms with van der Waals surface area (Å²) in [6.07, 6.45) is 2.29. The van der Waals surface area contributed by atoms with Gasteiger partial charge in [0.25, 0.3) is 5.91 Å². The number of fused-ring (bicyclic) bond motifs is 1. The van der Waals surface area contributed by atoms with Crippen molar-refractivity contribution in [3.8, 4) is 5.75 Å². The molecule has 5 aromatic rings. The Balaban J connectivity index is 1.14. The molecule has 5 rings (SSSR count). The smallest absolute Gasteiger partial charge is 0.251 e. The van der Waals surface area contributed by atoms with E-state index in [9.17, 15) is 14.4 Å². The highest BCUT2D eigenvalue weighted by molar-refractivity contribution is 6.38. The Labute approximate surface area is 301 Å². The first-order chi connectivity index (χ1) is 24.0. The van der Waals surface area contributed by atoms with Crippen LogP contribution in [0.2, 0.25) is 10.0 Å². The second kappa shape index (κ2) is 16.5. The van der Waals surface area contributed by atoms with Gasteiger partial charge in [-0.2, -0.15) is 0 Å². The largest absolute Gasteiger partial charge is 0.487 e. The number of carbonyl (C=O) groups is 3. The van der Waals surface area contributed by atoms with Gasteiger partial charge < -0.3 is 25.2 Å². The number of rotatable bonds is 13. The van der Waals surface area contributed by atoms with Crippen molar-refractivity contribution in [2.45, 2.75) is 32.9 Å². The summed E-state index contributed by atoms with van der Waals surface area (Å²) in [5, 5.41) is 7.14. The van der Waals surface area contributed by atoms with Gasteiger partial charge in [-0.3, -0.25) is 19.4 Å². The fourth-order valence-electron chi connectivity index (χ4n) is 5.31. The molecule has 0 aliphatic heterocycles. The Hall–Kier alpha value is -5.19. The van der Waals surface area contributed by atoms with Gasteiger partial charge in [-0.05, 0) is 67.4 Å². The molecule has 0 atom stereocenters. The van der Waals surface area contributed by atoms with E-state index in [1.165, 1.54) is 4.90 Å². The molecule has 0 bridgehead atoms. The van der Waals surface area contributed by atoms with Crippen LogP contribution in [0.15, 0.2) is 85.1 Å². The average molecular weight is 714 g/mol. The van der Waals surface area contributed by atoms with E-state index in [-0.39, 0.29) is 42.3 Å². The molecule has 0 unspecified atom stereocenters. The molecule has 0 fully saturated rings. The van der Waals surface area contributed by atoms with Crippen LogP contribution >= 0.6 is 23.2 Å². The van der Waals surface area contributed by atoms with Crippen LogP contribution in [0.1, 0.15) is 39.3 Å². The van der Waals surface area contributed by atoms with E-state index in [1.807, 2.05) is 80.5 Å². The third-order valence-electron chi connectivity index (χ3n) is 8.11. The number of nitrogens with one attached hydrogen (secondary N) is 2. The summed E-state index contributed by atoms with van der Waals surface area (Å²) in [6.45, 7) is 2.10. The molecule has 3 aromatic carbocycles. The van der Waals surface area contributed by atoms with Gasteiger partial charge in [-0.1, -0.05) is 53.5 Å². The number of para-hydroxylation sites is 1. The molecular formula is C38H38Cl2N6O4. The van der Waals surface area contributed by atoms with E-state index in [4.69, 9.17) is 32.9 Å². The quantitative estimate of drug-likeness (QED) is 0.143. The maximum atomic E-state index is 13.1. The molecule has 2 N–H and O–H groups in total. The number of nitrogens with zero attached hydrogens (tertiary/aromatic N) is 4. The first-order valence-corrected chi connectivity index (χ1v) is 16.7. The first kappa shape index (κ1) is 36.1. The minimum atomic E-state index is -0.361. The van der Waals surface area contributed by atoms with Crippen LogP contribution in [0.4, 0.5) is 11.4 Å². The van der Waals surface area contributed by atoms with E-state index in [0.29, 0.717) is 40.6 Å². The van der Waals surface area contributed by atoms with E-state index >= 15 is 0 Å². The number of aryl methyl sites for hydroxylation is 2. The van der Waals surface area contributed by atoms with Crippen LogP contribution in [-0.2, 0) is 29.2 Å². The van der Waals surface area contributed by atoms with Gasteiger partial charge in [-0.25, -0.2) is 4.98 Å².